The molecule has 0 spiro atoms. The molecule has 4 fully saturated rings. The van der Waals surface area contributed by atoms with Crippen molar-refractivity contribution in [2.45, 2.75) is 103 Å². The highest BCUT2D eigenvalue weighted by molar-refractivity contribution is 5.55. The third-order valence-electron chi connectivity index (χ3n) is 9.98. The Labute approximate surface area is 164 Å². The summed E-state index contributed by atoms with van der Waals surface area (Å²) in [6, 6.07) is 0. The first kappa shape index (κ1) is 19.7. The van der Waals surface area contributed by atoms with Crippen molar-refractivity contribution in [2.24, 2.45) is 39.7 Å². The quantitative estimate of drug-likeness (QED) is 0.286. The standard InChI is InChI=1S/C23H39NO3/c1-21-11-9-18(25)15-17(21)6-7-20-19(21)10-12-22(2)16(5-3-4-14-24-27)8-13-23(20,22)26/h14,16-20,25-27H,3-13,15H2,1-2H3/b24-14+/t16-,17+,18-,19?,20?,21-,22+,23-/m0/s1. The highest BCUT2D eigenvalue weighted by atomic mass is 16.4. The number of aliphatic hydroxyl groups is 2. The lowest BCUT2D eigenvalue weighted by molar-refractivity contribution is -0.210. The summed E-state index contributed by atoms with van der Waals surface area (Å²) in [7, 11) is 0. The monoisotopic (exact) mass is 377 g/mol. The molecule has 0 aromatic carbocycles. The van der Waals surface area contributed by atoms with Gasteiger partial charge in [-0.3, -0.25) is 0 Å². The summed E-state index contributed by atoms with van der Waals surface area (Å²) < 4.78 is 0. The van der Waals surface area contributed by atoms with E-state index < -0.39 is 5.60 Å². The van der Waals surface area contributed by atoms with Gasteiger partial charge in [0.2, 0.25) is 0 Å². The summed E-state index contributed by atoms with van der Waals surface area (Å²) in [4.78, 5) is 0. The van der Waals surface area contributed by atoms with Gasteiger partial charge in [0.25, 0.3) is 0 Å². The molecule has 8 atom stereocenters. The zero-order chi connectivity index (χ0) is 19.3. The predicted molar refractivity (Wildman–Crippen MR) is 107 cm³/mol. The molecule has 0 aromatic heterocycles. The number of rotatable bonds is 4. The Morgan fingerprint density at radius 1 is 1.00 bits per heavy atom. The van der Waals surface area contributed by atoms with E-state index in [4.69, 9.17) is 5.21 Å². The highest BCUT2D eigenvalue weighted by Crippen LogP contribution is 2.69. The van der Waals surface area contributed by atoms with Gasteiger partial charge >= 0.3 is 0 Å². The fourth-order valence-electron chi connectivity index (χ4n) is 8.29. The first-order valence-corrected chi connectivity index (χ1v) is 11.4. The van der Waals surface area contributed by atoms with Crippen LogP contribution in [-0.4, -0.2) is 33.3 Å². The molecule has 0 saturated heterocycles. The van der Waals surface area contributed by atoms with Gasteiger partial charge in [-0.15, -0.1) is 5.16 Å². The molecule has 2 unspecified atom stereocenters. The van der Waals surface area contributed by atoms with Crippen LogP contribution < -0.4 is 0 Å². The van der Waals surface area contributed by atoms with Crippen molar-refractivity contribution >= 4 is 6.21 Å². The Bertz CT molecular complexity index is 580. The molecule has 4 nitrogen and oxygen atoms in total. The normalized spacial score (nSPS) is 52.4. The average molecular weight is 378 g/mol. The van der Waals surface area contributed by atoms with Crippen LogP contribution >= 0.6 is 0 Å². The minimum Gasteiger partial charge on any atom is -0.411 e. The van der Waals surface area contributed by atoms with E-state index in [-0.39, 0.29) is 11.5 Å². The van der Waals surface area contributed by atoms with Crippen LogP contribution in [0.2, 0.25) is 0 Å². The predicted octanol–water partition coefficient (Wildman–Crippen LogP) is 4.75. The molecule has 4 aliphatic carbocycles. The topological polar surface area (TPSA) is 73.1 Å². The van der Waals surface area contributed by atoms with E-state index in [1.807, 2.05) is 0 Å². The maximum Gasteiger partial charge on any atom is 0.0734 e. The zero-order valence-corrected chi connectivity index (χ0v) is 17.2. The molecular formula is C23H39NO3. The van der Waals surface area contributed by atoms with Gasteiger partial charge in [-0.05, 0) is 112 Å². The Balaban J connectivity index is 1.53. The molecule has 3 N–H and O–H groups in total. The molecule has 4 aliphatic rings. The second-order valence-corrected chi connectivity index (χ2v) is 10.8. The van der Waals surface area contributed by atoms with Crippen LogP contribution in [-0.2, 0) is 0 Å². The van der Waals surface area contributed by atoms with E-state index in [0.29, 0.717) is 29.1 Å². The van der Waals surface area contributed by atoms with Gasteiger partial charge in [-0.2, -0.15) is 0 Å². The number of oxime groups is 1. The van der Waals surface area contributed by atoms with E-state index in [9.17, 15) is 10.2 Å². The second kappa shape index (κ2) is 7.02. The molecule has 0 bridgehead atoms. The molecule has 0 radical (unpaired) electrons. The van der Waals surface area contributed by atoms with Crippen LogP contribution in [0.4, 0.5) is 0 Å². The Morgan fingerprint density at radius 2 is 1.81 bits per heavy atom. The Morgan fingerprint density at radius 3 is 2.59 bits per heavy atom. The number of unbranched alkanes of at least 4 members (excludes halogenated alkanes) is 1. The number of hydrogen-bond acceptors (Lipinski definition) is 4. The van der Waals surface area contributed by atoms with Crippen LogP contribution in [0.15, 0.2) is 5.16 Å². The van der Waals surface area contributed by atoms with Gasteiger partial charge in [0.1, 0.15) is 0 Å². The molecule has 0 heterocycles. The van der Waals surface area contributed by atoms with Gasteiger partial charge in [-0.25, -0.2) is 0 Å². The summed E-state index contributed by atoms with van der Waals surface area (Å²) in [5.41, 5.74) is -0.146. The minimum atomic E-state index is -0.504. The van der Waals surface area contributed by atoms with E-state index in [1.165, 1.54) is 12.8 Å². The molecule has 4 rings (SSSR count). The van der Waals surface area contributed by atoms with Gasteiger partial charge in [0.05, 0.1) is 11.7 Å². The number of nitrogens with zero attached hydrogens (tertiary/aromatic N) is 1. The van der Waals surface area contributed by atoms with Crippen LogP contribution in [0.5, 0.6) is 0 Å². The molecule has 27 heavy (non-hydrogen) atoms. The molecule has 0 aromatic rings. The third-order valence-corrected chi connectivity index (χ3v) is 9.98. The van der Waals surface area contributed by atoms with Crippen LogP contribution in [0, 0.1) is 34.5 Å². The van der Waals surface area contributed by atoms with E-state index in [2.05, 4.69) is 19.0 Å². The lowest BCUT2D eigenvalue weighted by Gasteiger charge is -2.63. The Hall–Kier alpha value is -0.610. The smallest absolute Gasteiger partial charge is 0.0734 e. The lowest BCUT2D eigenvalue weighted by atomic mass is 9.43. The first-order chi connectivity index (χ1) is 12.8. The van der Waals surface area contributed by atoms with Crippen LogP contribution in [0.25, 0.3) is 0 Å². The van der Waals surface area contributed by atoms with Gasteiger partial charge in [0, 0.05) is 6.21 Å². The molecule has 0 amide bonds. The summed E-state index contributed by atoms with van der Waals surface area (Å²) in [5, 5.41) is 34.0. The van der Waals surface area contributed by atoms with Crippen molar-refractivity contribution in [3.05, 3.63) is 0 Å². The van der Waals surface area contributed by atoms with Gasteiger partial charge in [-0.1, -0.05) is 13.8 Å². The van der Waals surface area contributed by atoms with Crippen molar-refractivity contribution in [1.29, 1.82) is 0 Å². The molecular weight excluding hydrogens is 338 g/mol. The van der Waals surface area contributed by atoms with Crippen molar-refractivity contribution in [1.82, 2.24) is 0 Å². The van der Waals surface area contributed by atoms with Crippen LogP contribution in [0.1, 0.15) is 90.9 Å². The molecule has 0 aliphatic heterocycles. The van der Waals surface area contributed by atoms with Gasteiger partial charge in [0.15, 0.2) is 0 Å². The Kier molecular flexibility index (Phi) is 5.12. The fourth-order valence-corrected chi connectivity index (χ4v) is 8.29. The number of hydrogen-bond donors (Lipinski definition) is 3. The maximum absolute atomic E-state index is 12.1. The van der Waals surface area contributed by atoms with Gasteiger partial charge < -0.3 is 15.4 Å². The third kappa shape index (κ3) is 2.88. The highest BCUT2D eigenvalue weighted by Gasteiger charge is 2.66. The SMILES string of the molecule is C[C@]12CC[C@H](O)C[C@H]1CCC1C2CC[C@]2(C)[C@@H](CCC/C=N/O)CC[C@]12O. The van der Waals surface area contributed by atoms with E-state index >= 15 is 0 Å². The molecule has 154 valence electrons. The first-order valence-electron chi connectivity index (χ1n) is 11.4. The second-order valence-electron chi connectivity index (χ2n) is 10.8. The van der Waals surface area contributed by atoms with Crippen LogP contribution in [0.3, 0.4) is 0 Å². The fraction of sp³-hybridized carbons (Fsp3) is 0.957. The summed E-state index contributed by atoms with van der Waals surface area (Å²) >= 11 is 0. The molecule has 4 heteroatoms. The molecule has 4 saturated carbocycles. The largest absolute Gasteiger partial charge is 0.411 e. The van der Waals surface area contributed by atoms with E-state index in [0.717, 1.165) is 64.2 Å². The van der Waals surface area contributed by atoms with Crippen molar-refractivity contribution in [2.75, 3.05) is 0 Å². The average Bonchev–Trinajstić information content (AvgIpc) is 2.91. The number of aliphatic hydroxyl groups excluding tert-OH is 1. The summed E-state index contributed by atoms with van der Waals surface area (Å²) in [5.74, 6) is 2.30. The van der Waals surface area contributed by atoms with Crippen molar-refractivity contribution < 1.29 is 15.4 Å². The minimum absolute atomic E-state index is 0.0436. The van der Waals surface area contributed by atoms with Crippen molar-refractivity contribution in [3.63, 3.8) is 0 Å². The lowest BCUT2D eigenvalue weighted by Crippen LogP contribution is -2.62. The summed E-state index contributed by atoms with van der Waals surface area (Å²) in [6.45, 7) is 4.85. The maximum atomic E-state index is 12.1. The zero-order valence-electron chi connectivity index (χ0n) is 17.2. The summed E-state index contributed by atoms with van der Waals surface area (Å²) in [6.07, 6.45) is 14.4. The number of fused-ring (bicyclic) bond motifs is 5. The van der Waals surface area contributed by atoms with Crippen molar-refractivity contribution in [3.8, 4) is 0 Å². The van der Waals surface area contributed by atoms with E-state index in [1.54, 1.807) is 6.21 Å².